The molecule has 0 bridgehead atoms. The first kappa shape index (κ1) is 15.8. The van der Waals surface area contributed by atoms with Crippen LogP contribution in [0.4, 0.5) is 0 Å². The Morgan fingerprint density at radius 1 is 1.25 bits per heavy atom. The van der Waals surface area contributed by atoms with E-state index in [9.17, 15) is 4.79 Å². The SMILES string of the molecule is C\C=C(/C=C\C(Oc1ccccc1)=C(/C)CC)C(=O)O. The first-order chi connectivity index (χ1) is 9.58. The van der Waals surface area contributed by atoms with Crippen LogP contribution >= 0.6 is 0 Å². The number of hydrogen-bond donors (Lipinski definition) is 1. The lowest BCUT2D eigenvalue weighted by Gasteiger charge is -2.09. The topological polar surface area (TPSA) is 46.5 Å². The van der Waals surface area contributed by atoms with Gasteiger partial charge in [0.25, 0.3) is 0 Å². The maximum atomic E-state index is 11.0. The van der Waals surface area contributed by atoms with Gasteiger partial charge in [0.1, 0.15) is 11.5 Å². The van der Waals surface area contributed by atoms with Crippen molar-refractivity contribution in [1.29, 1.82) is 0 Å². The summed E-state index contributed by atoms with van der Waals surface area (Å²) in [6.07, 6.45) is 5.65. The molecule has 0 atom stereocenters. The second kappa shape index (κ2) is 8.00. The van der Waals surface area contributed by atoms with Crippen LogP contribution in [0.2, 0.25) is 0 Å². The molecule has 1 rings (SSSR count). The zero-order valence-corrected chi connectivity index (χ0v) is 12.1. The predicted molar refractivity (Wildman–Crippen MR) is 80.6 cm³/mol. The van der Waals surface area contributed by atoms with E-state index in [0.29, 0.717) is 5.76 Å². The predicted octanol–water partition coefficient (Wildman–Crippen LogP) is 4.34. The highest BCUT2D eigenvalue weighted by Crippen LogP contribution is 2.18. The van der Waals surface area contributed by atoms with Gasteiger partial charge in [-0.05, 0) is 50.1 Å². The molecule has 0 aliphatic heterocycles. The van der Waals surface area contributed by atoms with Crippen LogP contribution in [0.15, 0.2) is 65.5 Å². The normalized spacial score (nSPS) is 13.2. The van der Waals surface area contributed by atoms with Gasteiger partial charge in [0.2, 0.25) is 0 Å². The van der Waals surface area contributed by atoms with E-state index in [1.807, 2.05) is 44.2 Å². The minimum Gasteiger partial charge on any atom is -0.478 e. The van der Waals surface area contributed by atoms with Gasteiger partial charge >= 0.3 is 5.97 Å². The Morgan fingerprint density at radius 3 is 2.40 bits per heavy atom. The van der Waals surface area contributed by atoms with Crippen LogP contribution < -0.4 is 4.74 Å². The molecule has 0 saturated carbocycles. The fraction of sp³-hybridized carbons (Fsp3) is 0.235. The van der Waals surface area contributed by atoms with Crippen molar-refractivity contribution in [3.8, 4) is 5.75 Å². The molecule has 0 amide bonds. The summed E-state index contributed by atoms with van der Waals surface area (Å²) in [7, 11) is 0. The quantitative estimate of drug-likeness (QED) is 0.476. The molecule has 3 nitrogen and oxygen atoms in total. The maximum absolute atomic E-state index is 11.0. The van der Waals surface area contributed by atoms with Gasteiger partial charge in [0.15, 0.2) is 0 Å². The van der Waals surface area contributed by atoms with Crippen LogP contribution in [0.1, 0.15) is 27.2 Å². The van der Waals surface area contributed by atoms with Crippen molar-refractivity contribution in [2.24, 2.45) is 0 Å². The van der Waals surface area contributed by atoms with E-state index in [1.165, 1.54) is 0 Å². The Hall–Kier alpha value is -2.29. The lowest BCUT2D eigenvalue weighted by Crippen LogP contribution is -1.99. The Kier molecular flexibility index (Phi) is 6.30. The molecule has 1 aromatic rings. The number of ether oxygens (including phenoxy) is 1. The van der Waals surface area contributed by atoms with Gasteiger partial charge in [-0.15, -0.1) is 0 Å². The highest BCUT2D eigenvalue weighted by atomic mass is 16.5. The van der Waals surface area contributed by atoms with Gasteiger partial charge in [-0.3, -0.25) is 0 Å². The summed E-state index contributed by atoms with van der Waals surface area (Å²) < 4.78 is 5.81. The number of benzene rings is 1. The highest BCUT2D eigenvalue weighted by molar-refractivity contribution is 5.89. The molecule has 0 aliphatic rings. The lowest BCUT2D eigenvalue weighted by atomic mass is 10.1. The van der Waals surface area contributed by atoms with Crippen LogP contribution in [0.3, 0.4) is 0 Å². The lowest BCUT2D eigenvalue weighted by molar-refractivity contribution is -0.132. The Bertz CT molecular complexity index is 537. The number of carbonyl (C=O) groups is 1. The van der Waals surface area contributed by atoms with E-state index in [-0.39, 0.29) is 5.57 Å². The van der Waals surface area contributed by atoms with E-state index >= 15 is 0 Å². The second-order valence-electron chi connectivity index (χ2n) is 4.30. The van der Waals surface area contributed by atoms with Crippen LogP contribution in [-0.4, -0.2) is 11.1 Å². The third kappa shape index (κ3) is 4.76. The first-order valence-corrected chi connectivity index (χ1v) is 6.58. The zero-order valence-electron chi connectivity index (χ0n) is 12.1. The molecule has 0 heterocycles. The fourth-order valence-electron chi connectivity index (χ4n) is 1.51. The number of allylic oxidation sites excluding steroid dienone is 3. The van der Waals surface area contributed by atoms with Gasteiger partial charge in [0, 0.05) is 0 Å². The molecule has 0 fully saturated rings. The molecule has 1 aromatic carbocycles. The molecule has 3 heteroatoms. The summed E-state index contributed by atoms with van der Waals surface area (Å²) in [4.78, 5) is 11.0. The Balaban J connectivity index is 2.98. The molecule has 0 aliphatic carbocycles. The van der Waals surface area contributed by atoms with Crippen molar-refractivity contribution in [1.82, 2.24) is 0 Å². The number of para-hydroxylation sites is 1. The zero-order chi connectivity index (χ0) is 15.0. The number of carboxylic acid groups (broad SMARTS) is 1. The van der Waals surface area contributed by atoms with E-state index < -0.39 is 5.97 Å². The van der Waals surface area contributed by atoms with Gasteiger partial charge < -0.3 is 9.84 Å². The van der Waals surface area contributed by atoms with E-state index in [1.54, 1.807) is 25.2 Å². The number of aliphatic carboxylic acids is 1. The van der Waals surface area contributed by atoms with Crippen LogP contribution in [0, 0.1) is 0 Å². The van der Waals surface area contributed by atoms with E-state index in [4.69, 9.17) is 9.84 Å². The molecule has 1 N–H and O–H groups in total. The first-order valence-electron chi connectivity index (χ1n) is 6.58. The molecule has 0 unspecified atom stereocenters. The smallest absolute Gasteiger partial charge is 0.335 e. The number of hydrogen-bond acceptors (Lipinski definition) is 2. The largest absolute Gasteiger partial charge is 0.478 e. The van der Waals surface area contributed by atoms with Crippen molar-refractivity contribution in [3.05, 3.63) is 65.5 Å². The van der Waals surface area contributed by atoms with Crippen molar-refractivity contribution >= 4 is 5.97 Å². The third-order valence-corrected chi connectivity index (χ3v) is 2.89. The van der Waals surface area contributed by atoms with Crippen molar-refractivity contribution in [2.75, 3.05) is 0 Å². The third-order valence-electron chi connectivity index (χ3n) is 2.89. The minimum atomic E-state index is -0.947. The standard InChI is InChI=1S/C17H20O3/c1-4-13(3)16(12-11-14(5-2)17(18)19)20-15-9-7-6-8-10-15/h5-12H,4H2,1-3H3,(H,18,19)/b12-11-,14-5+,16-13-. The summed E-state index contributed by atoms with van der Waals surface area (Å²) >= 11 is 0. The van der Waals surface area contributed by atoms with Crippen molar-refractivity contribution < 1.29 is 14.6 Å². The van der Waals surface area contributed by atoms with Crippen molar-refractivity contribution in [3.63, 3.8) is 0 Å². The van der Waals surface area contributed by atoms with E-state index in [2.05, 4.69) is 0 Å². The summed E-state index contributed by atoms with van der Waals surface area (Å²) in [6.45, 7) is 5.70. The van der Waals surface area contributed by atoms with Gasteiger partial charge in [0.05, 0.1) is 5.57 Å². The average Bonchev–Trinajstić information content (AvgIpc) is 2.46. The molecule has 0 spiro atoms. The Labute approximate surface area is 119 Å². The molecule has 0 radical (unpaired) electrons. The van der Waals surface area contributed by atoms with Gasteiger partial charge in [-0.1, -0.05) is 31.2 Å². The molecule has 0 aromatic heterocycles. The highest BCUT2D eigenvalue weighted by Gasteiger charge is 2.04. The summed E-state index contributed by atoms with van der Waals surface area (Å²) in [5, 5.41) is 9.00. The summed E-state index contributed by atoms with van der Waals surface area (Å²) in [5.74, 6) is 0.466. The molecule has 106 valence electrons. The summed E-state index contributed by atoms with van der Waals surface area (Å²) in [6, 6.07) is 9.44. The second-order valence-corrected chi connectivity index (χ2v) is 4.30. The van der Waals surface area contributed by atoms with Gasteiger partial charge in [-0.25, -0.2) is 4.79 Å². The van der Waals surface area contributed by atoms with E-state index in [0.717, 1.165) is 17.7 Å². The molecule has 0 saturated heterocycles. The summed E-state index contributed by atoms with van der Waals surface area (Å²) in [5.41, 5.74) is 1.30. The molecular weight excluding hydrogens is 252 g/mol. The fourth-order valence-corrected chi connectivity index (χ4v) is 1.51. The maximum Gasteiger partial charge on any atom is 0.335 e. The van der Waals surface area contributed by atoms with Crippen LogP contribution in [-0.2, 0) is 4.79 Å². The average molecular weight is 272 g/mol. The van der Waals surface area contributed by atoms with Gasteiger partial charge in [-0.2, -0.15) is 0 Å². The number of carboxylic acids is 1. The minimum absolute atomic E-state index is 0.239. The molecular formula is C17H20O3. The van der Waals surface area contributed by atoms with Crippen molar-refractivity contribution in [2.45, 2.75) is 27.2 Å². The van der Waals surface area contributed by atoms with Crippen LogP contribution in [0.25, 0.3) is 0 Å². The van der Waals surface area contributed by atoms with Crippen LogP contribution in [0.5, 0.6) is 5.75 Å². The molecule has 20 heavy (non-hydrogen) atoms. The monoisotopic (exact) mass is 272 g/mol. The number of rotatable bonds is 6. The Morgan fingerprint density at radius 2 is 1.90 bits per heavy atom.